The van der Waals surface area contributed by atoms with Crippen molar-refractivity contribution in [3.63, 3.8) is 0 Å². The molecule has 16 heavy (non-hydrogen) atoms. The van der Waals surface area contributed by atoms with Crippen LogP contribution >= 0.6 is 0 Å². The molecular formula is C13H22OSi2. The van der Waals surface area contributed by atoms with Crippen molar-refractivity contribution in [2.45, 2.75) is 32.7 Å². The topological polar surface area (TPSA) is 9.23 Å². The lowest BCUT2D eigenvalue weighted by Crippen LogP contribution is -2.40. The van der Waals surface area contributed by atoms with Gasteiger partial charge in [-0.2, -0.15) is 0 Å². The molecule has 0 aliphatic carbocycles. The summed E-state index contributed by atoms with van der Waals surface area (Å²) in [6.45, 7) is 11.3. The third-order valence-corrected chi connectivity index (χ3v) is 7.57. The number of hydrogen-bond acceptors (Lipinski definition) is 1. The fourth-order valence-electron chi connectivity index (χ4n) is 1.68. The Labute approximate surface area is 101 Å². The Balaban J connectivity index is 2.69. The van der Waals surface area contributed by atoms with Gasteiger partial charge in [0.2, 0.25) is 0 Å². The molecule has 88 valence electrons. The standard InChI is InChI=1S/C13H22OSi2/c1-15(2,3)14-16(4,5)12-11-13-9-7-6-8-10-13/h6-12H,1-5H3/b12-11+. The molecule has 0 saturated carbocycles. The summed E-state index contributed by atoms with van der Waals surface area (Å²) in [6, 6.07) is 10.4. The van der Waals surface area contributed by atoms with Crippen molar-refractivity contribution in [3.8, 4) is 0 Å². The highest BCUT2D eigenvalue weighted by Gasteiger charge is 2.26. The summed E-state index contributed by atoms with van der Waals surface area (Å²) in [6.07, 6.45) is 2.19. The van der Waals surface area contributed by atoms with Gasteiger partial charge in [0, 0.05) is 0 Å². The van der Waals surface area contributed by atoms with Gasteiger partial charge >= 0.3 is 0 Å². The molecule has 0 radical (unpaired) electrons. The van der Waals surface area contributed by atoms with E-state index < -0.39 is 16.6 Å². The van der Waals surface area contributed by atoms with Crippen LogP contribution in [-0.2, 0) is 4.12 Å². The molecule has 0 heterocycles. The van der Waals surface area contributed by atoms with Crippen molar-refractivity contribution < 1.29 is 4.12 Å². The molecule has 0 aromatic heterocycles. The maximum absolute atomic E-state index is 6.24. The Kier molecular flexibility index (Phi) is 4.30. The van der Waals surface area contributed by atoms with Gasteiger partial charge in [0.25, 0.3) is 0 Å². The van der Waals surface area contributed by atoms with Crippen LogP contribution in [0.15, 0.2) is 36.0 Å². The van der Waals surface area contributed by atoms with Gasteiger partial charge in [0.1, 0.15) is 0 Å². The van der Waals surface area contributed by atoms with Crippen LogP contribution in [0.25, 0.3) is 6.08 Å². The van der Waals surface area contributed by atoms with E-state index in [2.05, 4.69) is 68.8 Å². The summed E-state index contributed by atoms with van der Waals surface area (Å²) in [7, 11) is -3.06. The summed E-state index contributed by atoms with van der Waals surface area (Å²) in [4.78, 5) is 0. The third kappa shape index (κ3) is 5.44. The molecule has 0 fully saturated rings. The average Bonchev–Trinajstić information content (AvgIpc) is 2.13. The molecule has 3 heteroatoms. The van der Waals surface area contributed by atoms with Crippen LogP contribution < -0.4 is 0 Å². The van der Waals surface area contributed by atoms with E-state index in [4.69, 9.17) is 4.12 Å². The van der Waals surface area contributed by atoms with Gasteiger partial charge in [-0.15, -0.1) is 0 Å². The van der Waals surface area contributed by atoms with Crippen molar-refractivity contribution in [2.75, 3.05) is 0 Å². The zero-order valence-electron chi connectivity index (χ0n) is 10.9. The highest BCUT2D eigenvalue weighted by atomic mass is 28.4. The molecule has 0 bridgehead atoms. The van der Waals surface area contributed by atoms with E-state index in [9.17, 15) is 0 Å². The highest BCUT2D eigenvalue weighted by molar-refractivity contribution is 6.87. The minimum Gasteiger partial charge on any atom is -0.453 e. The molecule has 1 nitrogen and oxygen atoms in total. The average molecular weight is 250 g/mol. The fourth-order valence-corrected chi connectivity index (χ4v) is 8.86. The van der Waals surface area contributed by atoms with Crippen LogP contribution in [0.3, 0.4) is 0 Å². The lowest BCUT2D eigenvalue weighted by atomic mass is 10.2. The Morgan fingerprint density at radius 2 is 1.50 bits per heavy atom. The molecule has 1 rings (SSSR count). The Morgan fingerprint density at radius 1 is 0.938 bits per heavy atom. The summed E-state index contributed by atoms with van der Waals surface area (Å²) in [5, 5.41) is 0. The fraction of sp³-hybridized carbons (Fsp3) is 0.385. The second kappa shape index (κ2) is 5.12. The van der Waals surface area contributed by atoms with Crippen molar-refractivity contribution >= 4 is 22.7 Å². The van der Waals surface area contributed by atoms with E-state index in [1.165, 1.54) is 5.56 Å². The second-order valence-electron chi connectivity index (χ2n) is 5.56. The molecule has 0 aliphatic rings. The van der Waals surface area contributed by atoms with E-state index >= 15 is 0 Å². The Bertz CT molecular complexity index is 350. The first-order chi connectivity index (χ1) is 7.29. The first kappa shape index (κ1) is 13.4. The van der Waals surface area contributed by atoms with E-state index in [1.54, 1.807) is 0 Å². The van der Waals surface area contributed by atoms with Crippen LogP contribution in [0.1, 0.15) is 5.56 Å². The molecule has 0 aliphatic heterocycles. The van der Waals surface area contributed by atoms with E-state index in [0.717, 1.165) is 0 Å². The Morgan fingerprint density at radius 3 is 2.00 bits per heavy atom. The quantitative estimate of drug-likeness (QED) is 0.724. The van der Waals surface area contributed by atoms with Crippen LogP contribution in [0.5, 0.6) is 0 Å². The summed E-state index contributed by atoms with van der Waals surface area (Å²) in [5.74, 6) is 0. The molecule has 1 aromatic rings. The third-order valence-electron chi connectivity index (χ3n) is 2.05. The van der Waals surface area contributed by atoms with Crippen molar-refractivity contribution in [2.24, 2.45) is 0 Å². The Hall–Kier alpha value is -0.646. The van der Waals surface area contributed by atoms with Crippen LogP contribution in [0.4, 0.5) is 0 Å². The molecule has 0 amide bonds. The maximum Gasteiger partial charge on any atom is 0.198 e. The lowest BCUT2D eigenvalue weighted by Gasteiger charge is -2.28. The van der Waals surface area contributed by atoms with Crippen molar-refractivity contribution in [3.05, 3.63) is 41.6 Å². The molecule has 0 atom stereocenters. The minimum absolute atomic E-state index is 1.25. The van der Waals surface area contributed by atoms with Crippen LogP contribution in [-0.4, -0.2) is 16.6 Å². The van der Waals surface area contributed by atoms with E-state index in [0.29, 0.717) is 0 Å². The predicted molar refractivity (Wildman–Crippen MR) is 77.4 cm³/mol. The van der Waals surface area contributed by atoms with E-state index in [-0.39, 0.29) is 0 Å². The zero-order chi connectivity index (χ0) is 12.2. The van der Waals surface area contributed by atoms with Crippen molar-refractivity contribution in [1.29, 1.82) is 0 Å². The smallest absolute Gasteiger partial charge is 0.198 e. The highest BCUT2D eigenvalue weighted by Crippen LogP contribution is 2.16. The monoisotopic (exact) mass is 250 g/mol. The molecule has 0 N–H and O–H groups in total. The minimum atomic E-state index is -1.64. The first-order valence-electron chi connectivity index (χ1n) is 5.73. The van der Waals surface area contributed by atoms with Crippen LogP contribution in [0.2, 0.25) is 32.7 Å². The number of hydrogen-bond donors (Lipinski definition) is 0. The first-order valence-corrected chi connectivity index (χ1v) is 12.1. The second-order valence-corrected chi connectivity index (χ2v) is 14.1. The van der Waals surface area contributed by atoms with E-state index in [1.807, 2.05) is 6.07 Å². The molecule has 0 saturated heterocycles. The van der Waals surface area contributed by atoms with Gasteiger partial charge < -0.3 is 4.12 Å². The van der Waals surface area contributed by atoms with Gasteiger partial charge in [-0.05, 0) is 38.3 Å². The molecular weight excluding hydrogens is 228 g/mol. The maximum atomic E-state index is 6.24. The van der Waals surface area contributed by atoms with Gasteiger partial charge in [0.05, 0.1) is 0 Å². The largest absolute Gasteiger partial charge is 0.453 e. The molecule has 0 spiro atoms. The van der Waals surface area contributed by atoms with Gasteiger partial charge in [-0.25, -0.2) is 0 Å². The summed E-state index contributed by atoms with van der Waals surface area (Å²) in [5.41, 5.74) is 3.53. The predicted octanol–water partition coefficient (Wildman–Crippen LogP) is 4.30. The van der Waals surface area contributed by atoms with Crippen molar-refractivity contribution in [1.82, 2.24) is 0 Å². The van der Waals surface area contributed by atoms with Gasteiger partial charge in [-0.1, -0.05) is 42.1 Å². The molecule has 1 aromatic carbocycles. The summed E-state index contributed by atoms with van der Waals surface area (Å²) < 4.78 is 6.24. The number of benzene rings is 1. The lowest BCUT2D eigenvalue weighted by molar-refractivity contribution is 0.565. The van der Waals surface area contributed by atoms with Gasteiger partial charge in [0.15, 0.2) is 16.6 Å². The zero-order valence-corrected chi connectivity index (χ0v) is 12.9. The van der Waals surface area contributed by atoms with Crippen LogP contribution in [0, 0.1) is 0 Å². The number of rotatable bonds is 4. The SMILES string of the molecule is C[Si](C)(C)O[Si](C)(C)/C=C/c1ccccc1. The normalized spacial score (nSPS) is 13.3. The van der Waals surface area contributed by atoms with Gasteiger partial charge in [-0.3, -0.25) is 0 Å². The summed E-state index contributed by atoms with van der Waals surface area (Å²) >= 11 is 0. The molecule has 0 unspecified atom stereocenters.